The second-order valence-electron chi connectivity index (χ2n) is 4.58. The third-order valence-electron chi connectivity index (χ3n) is 3.15. The first kappa shape index (κ1) is 13.3. The molecule has 0 N–H and O–H groups in total. The first-order chi connectivity index (χ1) is 10.3. The summed E-state index contributed by atoms with van der Waals surface area (Å²) in [7, 11) is 1.66. The Bertz CT molecular complexity index is 703. The summed E-state index contributed by atoms with van der Waals surface area (Å²) in [5.41, 5.74) is 2.08. The molecule has 0 unspecified atom stereocenters. The van der Waals surface area contributed by atoms with Gasteiger partial charge in [0.1, 0.15) is 17.2 Å². The molecule has 3 aromatic carbocycles. The smallest absolute Gasteiger partial charge is 0.127 e. The predicted octanol–water partition coefficient (Wildman–Crippen LogP) is 4.95. The van der Waals surface area contributed by atoms with Crippen LogP contribution in [0, 0.1) is 6.07 Å². The molecule has 1 radical (unpaired) electrons. The largest absolute Gasteiger partial charge is 0.497 e. The van der Waals surface area contributed by atoms with Crippen LogP contribution in [0.5, 0.6) is 17.2 Å². The van der Waals surface area contributed by atoms with Gasteiger partial charge < -0.3 is 9.47 Å². The summed E-state index contributed by atoms with van der Waals surface area (Å²) in [4.78, 5) is 0. The van der Waals surface area contributed by atoms with Crippen molar-refractivity contribution in [3.8, 4) is 28.4 Å². The second kappa shape index (κ2) is 6.14. The summed E-state index contributed by atoms with van der Waals surface area (Å²) in [6.45, 7) is 0. The highest BCUT2D eigenvalue weighted by Gasteiger charge is 2.01. The summed E-state index contributed by atoms with van der Waals surface area (Å²) in [5, 5.41) is 0. The predicted molar refractivity (Wildman–Crippen MR) is 83.8 cm³/mol. The number of para-hydroxylation sites is 1. The fourth-order valence-corrected chi connectivity index (χ4v) is 2.07. The van der Waals surface area contributed by atoms with Crippen LogP contribution < -0.4 is 9.47 Å². The molecule has 0 atom stereocenters. The highest BCUT2D eigenvalue weighted by Crippen LogP contribution is 2.27. The molecule has 0 bridgehead atoms. The Balaban J connectivity index is 1.80. The second-order valence-corrected chi connectivity index (χ2v) is 4.58. The number of benzene rings is 3. The number of hydrogen-bond acceptors (Lipinski definition) is 2. The fraction of sp³-hybridized carbons (Fsp3) is 0.0526. The SMILES string of the molecule is COc1cc[c]c(-c2ccc(Oc3ccccc3)cc2)c1. The molecule has 0 aliphatic carbocycles. The van der Waals surface area contributed by atoms with Gasteiger partial charge in [-0.1, -0.05) is 36.4 Å². The number of hydrogen-bond donors (Lipinski definition) is 0. The van der Waals surface area contributed by atoms with Crippen molar-refractivity contribution in [2.45, 2.75) is 0 Å². The van der Waals surface area contributed by atoms with Crippen molar-refractivity contribution in [1.29, 1.82) is 0 Å². The molecule has 0 fully saturated rings. The van der Waals surface area contributed by atoms with Gasteiger partial charge in [0.2, 0.25) is 0 Å². The summed E-state index contributed by atoms with van der Waals surface area (Å²) in [6.07, 6.45) is 0. The van der Waals surface area contributed by atoms with Gasteiger partial charge in [-0.3, -0.25) is 0 Å². The monoisotopic (exact) mass is 275 g/mol. The zero-order chi connectivity index (χ0) is 14.5. The van der Waals surface area contributed by atoms with Crippen LogP contribution in [0.2, 0.25) is 0 Å². The van der Waals surface area contributed by atoms with E-state index in [0.29, 0.717) is 0 Å². The average Bonchev–Trinajstić information content (AvgIpc) is 2.56. The van der Waals surface area contributed by atoms with E-state index in [2.05, 4.69) is 6.07 Å². The van der Waals surface area contributed by atoms with Gasteiger partial charge in [0.15, 0.2) is 0 Å². The first-order valence-electron chi connectivity index (χ1n) is 6.74. The zero-order valence-corrected chi connectivity index (χ0v) is 11.7. The van der Waals surface area contributed by atoms with Gasteiger partial charge in [-0.15, -0.1) is 0 Å². The Labute approximate surface area is 124 Å². The van der Waals surface area contributed by atoms with Crippen LogP contribution in [-0.2, 0) is 0 Å². The highest BCUT2D eigenvalue weighted by molar-refractivity contribution is 5.65. The van der Waals surface area contributed by atoms with Gasteiger partial charge in [0, 0.05) is 0 Å². The van der Waals surface area contributed by atoms with Crippen LogP contribution >= 0.6 is 0 Å². The van der Waals surface area contributed by atoms with Crippen molar-refractivity contribution < 1.29 is 9.47 Å². The van der Waals surface area contributed by atoms with Crippen molar-refractivity contribution in [3.05, 3.63) is 78.9 Å². The molecule has 0 saturated carbocycles. The molecule has 0 amide bonds. The molecule has 3 aromatic rings. The van der Waals surface area contributed by atoms with E-state index in [0.717, 1.165) is 28.4 Å². The Morgan fingerprint density at radius 1 is 0.762 bits per heavy atom. The van der Waals surface area contributed by atoms with E-state index in [-0.39, 0.29) is 0 Å². The summed E-state index contributed by atoms with van der Waals surface area (Å²) in [5.74, 6) is 2.47. The van der Waals surface area contributed by atoms with Crippen LogP contribution in [0.15, 0.2) is 72.8 Å². The van der Waals surface area contributed by atoms with Crippen molar-refractivity contribution in [1.82, 2.24) is 0 Å². The van der Waals surface area contributed by atoms with E-state index in [4.69, 9.17) is 9.47 Å². The van der Waals surface area contributed by atoms with Crippen LogP contribution in [0.3, 0.4) is 0 Å². The normalized spacial score (nSPS) is 10.1. The molecule has 0 heterocycles. The molecular weight excluding hydrogens is 260 g/mol. The maximum Gasteiger partial charge on any atom is 0.127 e. The Morgan fingerprint density at radius 3 is 2.19 bits per heavy atom. The van der Waals surface area contributed by atoms with Crippen LogP contribution in [0.25, 0.3) is 11.1 Å². The van der Waals surface area contributed by atoms with E-state index in [9.17, 15) is 0 Å². The van der Waals surface area contributed by atoms with Gasteiger partial charge in [0.25, 0.3) is 0 Å². The van der Waals surface area contributed by atoms with Gasteiger partial charge in [-0.25, -0.2) is 0 Å². The average molecular weight is 275 g/mol. The molecule has 0 saturated heterocycles. The molecular formula is C19H15O2. The summed E-state index contributed by atoms with van der Waals surface area (Å²) >= 11 is 0. The lowest BCUT2D eigenvalue weighted by Crippen LogP contribution is -1.85. The van der Waals surface area contributed by atoms with Crippen LogP contribution in [-0.4, -0.2) is 7.11 Å². The maximum absolute atomic E-state index is 5.78. The van der Waals surface area contributed by atoms with E-state index < -0.39 is 0 Å². The van der Waals surface area contributed by atoms with Crippen molar-refractivity contribution >= 4 is 0 Å². The molecule has 21 heavy (non-hydrogen) atoms. The van der Waals surface area contributed by atoms with Gasteiger partial charge in [-0.2, -0.15) is 0 Å². The maximum atomic E-state index is 5.78. The molecule has 0 aliphatic rings. The lowest BCUT2D eigenvalue weighted by molar-refractivity contribution is 0.415. The topological polar surface area (TPSA) is 18.5 Å². The first-order valence-corrected chi connectivity index (χ1v) is 6.74. The molecule has 2 nitrogen and oxygen atoms in total. The lowest BCUT2D eigenvalue weighted by atomic mass is 10.1. The van der Waals surface area contributed by atoms with E-state index in [1.807, 2.05) is 72.8 Å². The number of methoxy groups -OCH3 is 1. The highest BCUT2D eigenvalue weighted by atomic mass is 16.5. The van der Waals surface area contributed by atoms with Crippen molar-refractivity contribution in [2.75, 3.05) is 7.11 Å². The molecule has 0 aliphatic heterocycles. The van der Waals surface area contributed by atoms with Crippen LogP contribution in [0.4, 0.5) is 0 Å². The van der Waals surface area contributed by atoms with Gasteiger partial charge in [0.05, 0.1) is 7.11 Å². The minimum absolute atomic E-state index is 0.813. The third kappa shape index (κ3) is 3.23. The quantitative estimate of drug-likeness (QED) is 0.670. The van der Waals surface area contributed by atoms with Gasteiger partial charge in [-0.05, 0) is 53.6 Å². The van der Waals surface area contributed by atoms with Gasteiger partial charge >= 0.3 is 0 Å². The summed E-state index contributed by atoms with van der Waals surface area (Å²) in [6, 6.07) is 26.6. The Morgan fingerprint density at radius 2 is 1.48 bits per heavy atom. The number of ether oxygens (including phenoxy) is 2. The van der Waals surface area contributed by atoms with E-state index >= 15 is 0 Å². The summed E-state index contributed by atoms with van der Waals surface area (Å²) < 4.78 is 11.0. The minimum atomic E-state index is 0.813. The minimum Gasteiger partial charge on any atom is -0.497 e. The molecule has 0 aromatic heterocycles. The van der Waals surface area contributed by atoms with Crippen molar-refractivity contribution in [2.24, 2.45) is 0 Å². The standard InChI is InChI=1S/C19H15O2/c1-20-19-9-5-6-16(14-19)15-10-12-18(13-11-15)21-17-7-3-2-4-8-17/h2-5,7-14H,1H3. The Hall–Kier alpha value is -2.74. The zero-order valence-electron chi connectivity index (χ0n) is 11.7. The van der Waals surface area contributed by atoms with E-state index in [1.165, 1.54) is 0 Å². The molecule has 2 heteroatoms. The fourth-order valence-electron chi connectivity index (χ4n) is 2.07. The Kier molecular flexibility index (Phi) is 3.88. The molecule has 3 rings (SSSR count). The lowest BCUT2D eigenvalue weighted by Gasteiger charge is -2.07. The number of rotatable bonds is 4. The molecule has 103 valence electrons. The van der Waals surface area contributed by atoms with Crippen LogP contribution in [0.1, 0.15) is 0 Å². The van der Waals surface area contributed by atoms with E-state index in [1.54, 1.807) is 7.11 Å². The molecule has 0 spiro atoms. The third-order valence-corrected chi connectivity index (χ3v) is 3.15. The van der Waals surface area contributed by atoms with Crippen molar-refractivity contribution in [3.63, 3.8) is 0 Å².